The smallest absolute Gasteiger partial charge is 0.125 e. The molecule has 1 aromatic carbocycles. The molecule has 0 atom stereocenters. The summed E-state index contributed by atoms with van der Waals surface area (Å²) in [5.74, 6) is 0.0723. The molecule has 0 saturated carbocycles. The summed E-state index contributed by atoms with van der Waals surface area (Å²) in [4.78, 5) is 4.17. The highest BCUT2D eigenvalue weighted by atomic mass is 79.9. The number of benzene rings is 1. The van der Waals surface area contributed by atoms with E-state index in [1.54, 1.807) is 6.33 Å². The Balaban J connectivity index is 2.12. The Morgan fingerprint density at radius 1 is 1.44 bits per heavy atom. The Kier molecular flexibility index (Phi) is 3.13. The Hall–Kier alpha value is -0.910. The van der Waals surface area contributed by atoms with E-state index >= 15 is 0 Å². The van der Waals surface area contributed by atoms with Gasteiger partial charge in [0, 0.05) is 35.4 Å². The third-order valence-electron chi connectivity index (χ3n) is 3.09. The Labute approximate surface area is 117 Å². The molecule has 1 aliphatic rings. The molecule has 0 unspecified atom stereocenters. The van der Waals surface area contributed by atoms with Crippen LogP contribution in [0.1, 0.15) is 11.6 Å². The SMILES string of the molecule is Fc1cc(Cl)c(-n2cncc2C2CNC2)c(Br)c1. The fraction of sp³-hybridized carbons (Fsp3) is 0.250. The fourth-order valence-electron chi connectivity index (χ4n) is 2.06. The zero-order valence-corrected chi connectivity index (χ0v) is 11.7. The molecule has 18 heavy (non-hydrogen) atoms. The van der Waals surface area contributed by atoms with Crippen molar-refractivity contribution in [1.82, 2.24) is 14.9 Å². The summed E-state index contributed by atoms with van der Waals surface area (Å²) in [6.45, 7) is 1.87. The van der Waals surface area contributed by atoms with Crippen molar-refractivity contribution in [3.05, 3.63) is 45.7 Å². The first-order valence-electron chi connectivity index (χ1n) is 5.54. The highest BCUT2D eigenvalue weighted by molar-refractivity contribution is 9.10. The molecule has 1 saturated heterocycles. The van der Waals surface area contributed by atoms with Crippen LogP contribution in [0, 0.1) is 5.82 Å². The second-order valence-corrected chi connectivity index (χ2v) is 5.52. The van der Waals surface area contributed by atoms with Gasteiger partial charge in [-0.2, -0.15) is 0 Å². The van der Waals surface area contributed by atoms with E-state index in [0.29, 0.717) is 15.4 Å². The minimum Gasteiger partial charge on any atom is -0.315 e. The van der Waals surface area contributed by atoms with E-state index in [-0.39, 0.29) is 5.82 Å². The maximum absolute atomic E-state index is 13.2. The van der Waals surface area contributed by atoms with Crippen molar-refractivity contribution in [2.75, 3.05) is 13.1 Å². The van der Waals surface area contributed by atoms with Crippen LogP contribution in [0.4, 0.5) is 4.39 Å². The number of hydrogen-bond acceptors (Lipinski definition) is 2. The molecule has 1 N–H and O–H groups in total. The number of rotatable bonds is 2. The average Bonchev–Trinajstić information content (AvgIpc) is 2.62. The topological polar surface area (TPSA) is 29.9 Å². The van der Waals surface area contributed by atoms with Gasteiger partial charge < -0.3 is 9.88 Å². The number of nitrogens with zero attached hydrogens (tertiary/aromatic N) is 2. The molecular weight excluding hydrogens is 321 g/mol. The molecule has 0 spiro atoms. The minimum atomic E-state index is -0.359. The van der Waals surface area contributed by atoms with Gasteiger partial charge in [-0.15, -0.1) is 0 Å². The summed E-state index contributed by atoms with van der Waals surface area (Å²) < 4.78 is 15.8. The van der Waals surface area contributed by atoms with E-state index < -0.39 is 0 Å². The van der Waals surface area contributed by atoms with Gasteiger partial charge in [-0.3, -0.25) is 0 Å². The summed E-state index contributed by atoms with van der Waals surface area (Å²) in [5.41, 5.74) is 1.82. The second-order valence-electron chi connectivity index (χ2n) is 4.26. The van der Waals surface area contributed by atoms with Gasteiger partial charge in [0.05, 0.1) is 17.0 Å². The molecule has 1 aliphatic heterocycles. The number of nitrogens with one attached hydrogen (secondary N) is 1. The first-order chi connectivity index (χ1) is 8.66. The van der Waals surface area contributed by atoms with Gasteiger partial charge in [-0.1, -0.05) is 11.6 Å². The van der Waals surface area contributed by atoms with E-state index in [0.717, 1.165) is 24.5 Å². The van der Waals surface area contributed by atoms with Gasteiger partial charge in [0.25, 0.3) is 0 Å². The standard InChI is InChI=1S/C12H10BrClFN3/c13-9-1-8(15)2-10(14)12(9)18-6-17-5-11(18)7-3-16-4-7/h1-2,5-7,16H,3-4H2. The van der Waals surface area contributed by atoms with Crippen LogP contribution in [0.15, 0.2) is 29.1 Å². The lowest BCUT2D eigenvalue weighted by molar-refractivity contribution is 0.435. The van der Waals surface area contributed by atoms with Crippen LogP contribution >= 0.6 is 27.5 Å². The van der Waals surface area contributed by atoms with Crippen molar-refractivity contribution in [2.24, 2.45) is 0 Å². The molecule has 6 heteroatoms. The van der Waals surface area contributed by atoms with E-state index in [9.17, 15) is 4.39 Å². The molecule has 1 fully saturated rings. The molecule has 0 aliphatic carbocycles. The molecule has 2 heterocycles. The van der Waals surface area contributed by atoms with Crippen molar-refractivity contribution >= 4 is 27.5 Å². The number of imidazole rings is 1. The predicted octanol–water partition coefficient (Wildman–Crippen LogP) is 3.11. The molecular formula is C12H10BrClFN3. The van der Waals surface area contributed by atoms with Gasteiger partial charge >= 0.3 is 0 Å². The van der Waals surface area contributed by atoms with E-state index in [1.165, 1.54) is 12.1 Å². The predicted molar refractivity (Wildman–Crippen MR) is 71.8 cm³/mol. The van der Waals surface area contributed by atoms with E-state index in [1.807, 2.05) is 10.8 Å². The summed E-state index contributed by atoms with van der Waals surface area (Å²) in [7, 11) is 0. The monoisotopic (exact) mass is 329 g/mol. The largest absolute Gasteiger partial charge is 0.315 e. The summed E-state index contributed by atoms with van der Waals surface area (Å²) in [6, 6.07) is 2.72. The molecule has 3 rings (SSSR count). The fourth-order valence-corrected chi connectivity index (χ4v) is 3.09. The molecule has 1 aromatic heterocycles. The van der Waals surface area contributed by atoms with Crippen LogP contribution < -0.4 is 5.32 Å². The Bertz CT molecular complexity index is 572. The maximum Gasteiger partial charge on any atom is 0.125 e. The van der Waals surface area contributed by atoms with Crippen LogP contribution in [0.3, 0.4) is 0 Å². The van der Waals surface area contributed by atoms with Crippen molar-refractivity contribution in [2.45, 2.75) is 5.92 Å². The van der Waals surface area contributed by atoms with Crippen LogP contribution in [-0.4, -0.2) is 22.6 Å². The van der Waals surface area contributed by atoms with Gasteiger partial charge in [-0.25, -0.2) is 9.37 Å². The highest BCUT2D eigenvalue weighted by Crippen LogP contribution is 2.33. The van der Waals surface area contributed by atoms with Gasteiger partial charge in [0.1, 0.15) is 5.82 Å². The number of aromatic nitrogens is 2. The quantitative estimate of drug-likeness (QED) is 0.917. The first kappa shape index (κ1) is 12.1. The minimum absolute atomic E-state index is 0.359. The van der Waals surface area contributed by atoms with Gasteiger partial charge in [0.15, 0.2) is 0 Å². The third kappa shape index (κ3) is 1.96. The Morgan fingerprint density at radius 2 is 2.22 bits per heavy atom. The number of hydrogen-bond donors (Lipinski definition) is 1. The highest BCUT2D eigenvalue weighted by Gasteiger charge is 2.24. The molecule has 0 amide bonds. The van der Waals surface area contributed by atoms with Gasteiger partial charge in [0.2, 0.25) is 0 Å². The van der Waals surface area contributed by atoms with E-state index in [4.69, 9.17) is 11.6 Å². The summed E-state index contributed by atoms with van der Waals surface area (Å²) >= 11 is 9.48. The third-order valence-corrected chi connectivity index (χ3v) is 3.98. The van der Waals surface area contributed by atoms with Crippen LogP contribution in [0.2, 0.25) is 5.02 Å². The van der Waals surface area contributed by atoms with Crippen molar-refractivity contribution in [3.63, 3.8) is 0 Å². The number of halogens is 3. The maximum atomic E-state index is 13.2. The molecule has 0 bridgehead atoms. The molecule has 0 radical (unpaired) electrons. The second kappa shape index (κ2) is 4.64. The Morgan fingerprint density at radius 3 is 2.83 bits per heavy atom. The molecule has 2 aromatic rings. The summed E-state index contributed by atoms with van der Waals surface area (Å²) in [5, 5.41) is 3.59. The van der Waals surface area contributed by atoms with Crippen LogP contribution in [0.25, 0.3) is 5.69 Å². The van der Waals surface area contributed by atoms with Gasteiger partial charge in [-0.05, 0) is 28.1 Å². The lowest BCUT2D eigenvalue weighted by Crippen LogP contribution is -2.40. The summed E-state index contributed by atoms with van der Waals surface area (Å²) in [6.07, 6.45) is 3.54. The molecule has 94 valence electrons. The first-order valence-corrected chi connectivity index (χ1v) is 6.72. The zero-order valence-electron chi connectivity index (χ0n) is 9.33. The lowest BCUT2D eigenvalue weighted by Gasteiger charge is -2.28. The average molecular weight is 331 g/mol. The van der Waals surface area contributed by atoms with Crippen LogP contribution in [-0.2, 0) is 0 Å². The van der Waals surface area contributed by atoms with Crippen molar-refractivity contribution in [3.8, 4) is 5.69 Å². The van der Waals surface area contributed by atoms with Crippen LogP contribution in [0.5, 0.6) is 0 Å². The normalized spacial score (nSPS) is 15.7. The molecule has 3 nitrogen and oxygen atoms in total. The lowest BCUT2D eigenvalue weighted by atomic mass is 10.00. The zero-order chi connectivity index (χ0) is 12.7. The van der Waals surface area contributed by atoms with E-state index in [2.05, 4.69) is 26.2 Å². The van der Waals surface area contributed by atoms with Crippen molar-refractivity contribution in [1.29, 1.82) is 0 Å². The van der Waals surface area contributed by atoms with Crippen molar-refractivity contribution < 1.29 is 4.39 Å².